The summed E-state index contributed by atoms with van der Waals surface area (Å²) in [6.07, 6.45) is 5.87. The van der Waals surface area contributed by atoms with Crippen LogP contribution < -0.4 is 9.62 Å². The second kappa shape index (κ2) is 12.4. The van der Waals surface area contributed by atoms with Crippen LogP contribution in [0.1, 0.15) is 51.0 Å². The molecule has 37 heavy (non-hydrogen) atoms. The maximum absolute atomic E-state index is 13.9. The number of benzene rings is 2. The van der Waals surface area contributed by atoms with Gasteiger partial charge in [-0.25, -0.2) is 21.6 Å². The molecule has 1 aliphatic carbocycles. The molecule has 1 atom stereocenters. The van der Waals surface area contributed by atoms with Crippen molar-refractivity contribution in [3.63, 3.8) is 0 Å². The second-order valence-electron chi connectivity index (χ2n) is 9.28. The highest BCUT2D eigenvalue weighted by Crippen LogP contribution is 2.23. The van der Waals surface area contributed by atoms with Crippen LogP contribution in [0.2, 0.25) is 0 Å². The van der Waals surface area contributed by atoms with Crippen molar-refractivity contribution >= 4 is 27.5 Å². The quantitative estimate of drug-likeness (QED) is 0.492. The lowest BCUT2D eigenvalue weighted by molar-refractivity contribution is -0.140. The summed E-state index contributed by atoms with van der Waals surface area (Å²) >= 11 is 0. The zero-order chi connectivity index (χ0) is 27.2. The molecule has 2 aromatic carbocycles. The number of hydrogen-bond acceptors (Lipinski definition) is 4. The van der Waals surface area contributed by atoms with E-state index >= 15 is 0 Å². The minimum absolute atomic E-state index is 0.00668. The Morgan fingerprint density at radius 2 is 1.65 bits per heavy atom. The van der Waals surface area contributed by atoms with E-state index < -0.39 is 46.0 Å². The molecule has 1 saturated carbocycles. The molecule has 7 nitrogen and oxygen atoms in total. The van der Waals surface area contributed by atoms with Gasteiger partial charge in [-0.3, -0.25) is 13.9 Å². The molecule has 3 rings (SSSR count). The molecule has 202 valence electrons. The van der Waals surface area contributed by atoms with Crippen molar-refractivity contribution < 1.29 is 31.2 Å². The monoisotopic (exact) mass is 539 g/mol. The minimum atomic E-state index is -4.08. The Labute approximate surface area is 215 Å². The average Bonchev–Trinajstić information content (AvgIpc) is 2.85. The normalized spacial score (nSPS) is 15.2. The summed E-state index contributed by atoms with van der Waals surface area (Å²) in [5, 5.41) is 3.01. The summed E-state index contributed by atoms with van der Waals surface area (Å²) in [5.41, 5.74) is 0.314. The molecule has 1 N–H and O–H groups in total. The van der Waals surface area contributed by atoms with Crippen LogP contribution >= 0.6 is 0 Å². The first-order valence-electron chi connectivity index (χ1n) is 12.3. The van der Waals surface area contributed by atoms with E-state index in [1.165, 1.54) is 29.2 Å². The zero-order valence-electron chi connectivity index (χ0n) is 20.9. The van der Waals surface area contributed by atoms with Gasteiger partial charge in [-0.15, -0.1) is 0 Å². The first kappa shape index (κ1) is 28.5. The molecule has 2 amide bonds. The standard InChI is InChI=1S/C26H32F3N3O4S/c1-3-24(26(34)30-20-7-5-4-6-8-20)31(16-18-9-11-19(27)12-10-18)25(33)17-32(37(2,35)36)21-13-14-22(28)23(29)15-21/h9-15,20,24H,3-8,16-17H2,1-2H3,(H,30,34)/t24-/m0/s1. The third-order valence-corrected chi connectivity index (χ3v) is 7.61. The molecule has 11 heteroatoms. The maximum atomic E-state index is 13.9. The molecule has 0 spiro atoms. The first-order valence-corrected chi connectivity index (χ1v) is 14.1. The molecule has 0 heterocycles. The number of sulfonamides is 1. The molecule has 0 unspecified atom stereocenters. The average molecular weight is 540 g/mol. The lowest BCUT2D eigenvalue weighted by Crippen LogP contribution is -2.53. The third kappa shape index (κ3) is 7.70. The largest absolute Gasteiger partial charge is 0.352 e. The smallest absolute Gasteiger partial charge is 0.244 e. The fourth-order valence-electron chi connectivity index (χ4n) is 4.50. The highest BCUT2D eigenvalue weighted by molar-refractivity contribution is 7.92. The summed E-state index contributed by atoms with van der Waals surface area (Å²) in [4.78, 5) is 28.1. The van der Waals surface area contributed by atoms with Gasteiger partial charge in [0.2, 0.25) is 21.8 Å². The van der Waals surface area contributed by atoms with Crippen LogP contribution in [0.4, 0.5) is 18.9 Å². The van der Waals surface area contributed by atoms with Gasteiger partial charge in [0.05, 0.1) is 11.9 Å². The predicted octanol–water partition coefficient (Wildman–Crippen LogP) is 4.13. The van der Waals surface area contributed by atoms with Crippen molar-refractivity contribution in [3.05, 3.63) is 65.5 Å². The number of carbonyl (C=O) groups is 2. The number of amides is 2. The van der Waals surface area contributed by atoms with E-state index in [-0.39, 0.29) is 30.6 Å². The summed E-state index contributed by atoms with van der Waals surface area (Å²) < 4.78 is 66.6. The lowest BCUT2D eigenvalue weighted by atomic mass is 9.95. The number of rotatable bonds is 10. The SMILES string of the molecule is CC[C@@H](C(=O)NC1CCCCC1)N(Cc1ccc(F)cc1)C(=O)CN(c1ccc(F)c(F)c1)S(C)(=O)=O. The second-order valence-corrected chi connectivity index (χ2v) is 11.2. The number of halogens is 3. The van der Waals surface area contributed by atoms with Gasteiger partial charge < -0.3 is 10.2 Å². The van der Waals surface area contributed by atoms with E-state index in [4.69, 9.17) is 0 Å². The molecule has 0 saturated heterocycles. The van der Waals surface area contributed by atoms with Crippen molar-refractivity contribution in [2.75, 3.05) is 17.1 Å². The Morgan fingerprint density at radius 1 is 1.00 bits per heavy atom. The van der Waals surface area contributed by atoms with E-state index in [9.17, 15) is 31.2 Å². The molecule has 0 aromatic heterocycles. The number of nitrogens with one attached hydrogen (secondary N) is 1. The molecule has 1 fully saturated rings. The molecule has 0 radical (unpaired) electrons. The van der Waals surface area contributed by atoms with Gasteiger partial charge in [0.25, 0.3) is 0 Å². The van der Waals surface area contributed by atoms with Crippen LogP contribution in [0, 0.1) is 17.5 Å². The van der Waals surface area contributed by atoms with E-state index in [0.717, 1.165) is 50.5 Å². The summed E-state index contributed by atoms with van der Waals surface area (Å²) in [7, 11) is -4.08. The van der Waals surface area contributed by atoms with Gasteiger partial charge in [-0.05, 0) is 49.1 Å². The fourth-order valence-corrected chi connectivity index (χ4v) is 5.35. The van der Waals surface area contributed by atoms with Crippen molar-refractivity contribution in [2.24, 2.45) is 0 Å². The van der Waals surface area contributed by atoms with Crippen molar-refractivity contribution in [1.29, 1.82) is 0 Å². The van der Waals surface area contributed by atoms with Gasteiger partial charge in [-0.1, -0.05) is 38.3 Å². The molecule has 2 aromatic rings. The number of anilines is 1. The maximum Gasteiger partial charge on any atom is 0.244 e. The number of nitrogens with zero attached hydrogens (tertiary/aromatic N) is 2. The summed E-state index contributed by atoms with van der Waals surface area (Å²) in [6.45, 7) is 0.920. The van der Waals surface area contributed by atoms with E-state index in [1.54, 1.807) is 6.92 Å². The van der Waals surface area contributed by atoms with Gasteiger partial charge in [0.15, 0.2) is 11.6 Å². The van der Waals surface area contributed by atoms with E-state index in [1.807, 2.05) is 0 Å². The predicted molar refractivity (Wildman–Crippen MR) is 135 cm³/mol. The Hall–Kier alpha value is -3.08. The summed E-state index contributed by atoms with van der Waals surface area (Å²) in [6, 6.07) is 7.01. The van der Waals surface area contributed by atoms with Gasteiger partial charge in [0, 0.05) is 18.7 Å². The van der Waals surface area contributed by atoms with Crippen molar-refractivity contribution in [1.82, 2.24) is 10.2 Å². The van der Waals surface area contributed by atoms with Crippen LogP contribution in [0.15, 0.2) is 42.5 Å². The molecule has 0 aliphatic heterocycles. The molecule has 0 bridgehead atoms. The molecular formula is C26H32F3N3O4S. The van der Waals surface area contributed by atoms with Crippen LogP contribution in [-0.2, 0) is 26.2 Å². The topological polar surface area (TPSA) is 86.8 Å². The minimum Gasteiger partial charge on any atom is -0.352 e. The van der Waals surface area contributed by atoms with Crippen LogP contribution in [-0.4, -0.2) is 50.0 Å². The van der Waals surface area contributed by atoms with Crippen molar-refractivity contribution in [3.8, 4) is 0 Å². The van der Waals surface area contributed by atoms with Crippen LogP contribution in [0.3, 0.4) is 0 Å². The van der Waals surface area contributed by atoms with Gasteiger partial charge in [-0.2, -0.15) is 0 Å². The zero-order valence-corrected chi connectivity index (χ0v) is 21.7. The first-order chi connectivity index (χ1) is 17.5. The number of carbonyl (C=O) groups excluding carboxylic acids is 2. The van der Waals surface area contributed by atoms with Gasteiger partial charge in [0.1, 0.15) is 18.4 Å². The highest BCUT2D eigenvalue weighted by Gasteiger charge is 2.33. The highest BCUT2D eigenvalue weighted by atomic mass is 32.2. The van der Waals surface area contributed by atoms with Gasteiger partial charge >= 0.3 is 0 Å². The Balaban J connectivity index is 1.92. The Bertz CT molecular complexity index is 1200. The summed E-state index contributed by atoms with van der Waals surface area (Å²) in [5.74, 6) is -3.97. The Kier molecular flexibility index (Phi) is 9.58. The fraction of sp³-hybridized carbons (Fsp3) is 0.462. The van der Waals surface area contributed by atoms with Crippen molar-refractivity contribution in [2.45, 2.75) is 64.1 Å². The third-order valence-electron chi connectivity index (χ3n) is 6.47. The van der Waals surface area contributed by atoms with Crippen LogP contribution in [0.25, 0.3) is 0 Å². The molecular weight excluding hydrogens is 507 g/mol. The number of hydrogen-bond donors (Lipinski definition) is 1. The van der Waals surface area contributed by atoms with Crippen LogP contribution in [0.5, 0.6) is 0 Å². The Morgan fingerprint density at radius 3 is 2.22 bits per heavy atom. The lowest BCUT2D eigenvalue weighted by Gasteiger charge is -2.34. The molecule has 1 aliphatic rings. The van der Waals surface area contributed by atoms with E-state index in [0.29, 0.717) is 15.9 Å². The van der Waals surface area contributed by atoms with E-state index in [2.05, 4.69) is 5.32 Å².